The van der Waals surface area contributed by atoms with Crippen LogP contribution in [0.4, 0.5) is 0 Å². The highest BCUT2D eigenvalue weighted by atomic mass is 16.3. The maximum absolute atomic E-state index is 11.7. The third-order valence-corrected chi connectivity index (χ3v) is 2.60. The van der Waals surface area contributed by atoms with Crippen molar-refractivity contribution in [2.45, 2.75) is 19.3 Å². The second kappa shape index (κ2) is 5.98. The van der Waals surface area contributed by atoms with Crippen LogP contribution in [0.25, 0.3) is 0 Å². The molecule has 4 nitrogen and oxygen atoms in total. The molecule has 1 N–H and O–H groups in total. The number of carbonyl (C=O) groups is 1. The van der Waals surface area contributed by atoms with E-state index in [2.05, 4.69) is 0 Å². The first-order valence-electron chi connectivity index (χ1n) is 5.31. The minimum absolute atomic E-state index is 0.115. The van der Waals surface area contributed by atoms with Crippen molar-refractivity contribution >= 4 is 5.91 Å². The van der Waals surface area contributed by atoms with Crippen molar-refractivity contribution in [3.63, 3.8) is 0 Å². The summed E-state index contributed by atoms with van der Waals surface area (Å²) in [7, 11) is 1.86. The molecule has 0 aromatic carbocycles. The van der Waals surface area contributed by atoms with E-state index in [1.54, 1.807) is 0 Å². The van der Waals surface area contributed by atoms with Gasteiger partial charge < -0.3 is 10.0 Å². The van der Waals surface area contributed by atoms with Crippen LogP contribution in [0.1, 0.15) is 19.3 Å². The summed E-state index contributed by atoms with van der Waals surface area (Å²) in [5.74, 6) is 0.195. The fourth-order valence-corrected chi connectivity index (χ4v) is 1.72. The van der Waals surface area contributed by atoms with Crippen molar-refractivity contribution in [3.8, 4) is 0 Å². The van der Waals surface area contributed by atoms with Crippen LogP contribution >= 0.6 is 0 Å². The Hall–Kier alpha value is -0.610. The van der Waals surface area contributed by atoms with Gasteiger partial charge in [0.15, 0.2) is 0 Å². The van der Waals surface area contributed by atoms with Gasteiger partial charge in [-0.2, -0.15) is 0 Å². The number of aliphatic hydroxyl groups is 1. The van der Waals surface area contributed by atoms with E-state index in [9.17, 15) is 4.79 Å². The largest absolute Gasteiger partial charge is 0.395 e. The van der Waals surface area contributed by atoms with Gasteiger partial charge in [-0.05, 0) is 26.3 Å². The van der Waals surface area contributed by atoms with Gasteiger partial charge in [-0.25, -0.2) is 0 Å². The van der Waals surface area contributed by atoms with E-state index in [1.165, 1.54) is 6.42 Å². The molecule has 1 rings (SSSR count). The number of rotatable bonds is 4. The van der Waals surface area contributed by atoms with E-state index in [4.69, 9.17) is 5.11 Å². The maximum atomic E-state index is 11.7. The van der Waals surface area contributed by atoms with Crippen LogP contribution in [0, 0.1) is 0 Å². The summed E-state index contributed by atoms with van der Waals surface area (Å²) < 4.78 is 0. The number of carbonyl (C=O) groups excluding carboxylic acids is 1. The lowest BCUT2D eigenvalue weighted by atomic mass is 10.1. The van der Waals surface area contributed by atoms with Crippen molar-refractivity contribution in [2.24, 2.45) is 0 Å². The van der Waals surface area contributed by atoms with E-state index >= 15 is 0 Å². The molecule has 0 atom stereocenters. The Morgan fingerprint density at radius 1 is 1.36 bits per heavy atom. The third-order valence-electron chi connectivity index (χ3n) is 2.60. The van der Waals surface area contributed by atoms with Gasteiger partial charge in [0.2, 0.25) is 5.91 Å². The molecule has 1 heterocycles. The van der Waals surface area contributed by atoms with E-state index in [-0.39, 0.29) is 12.5 Å². The number of hydrogen-bond acceptors (Lipinski definition) is 3. The monoisotopic (exact) mass is 200 g/mol. The molecule has 0 spiro atoms. The predicted molar refractivity (Wildman–Crippen MR) is 55.0 cm³/mol. The summed E-state index contributed by atoms with van der Waals surface area (Å²) in [6.07, 6.45) is 3.52. The van der Waals surface area contributed by atoms with Gasteiger partial charge in [0.25, 0.3) is 0 Å². The van der Waals surface area contributed by atoms with Gasteiger partial charge >= 0.3 is 0 Å². The molecule has 82 valence electrons. The number of aliphatic hydroxyl groups excluding tert-OH is 1. The summed E-state index contributed by atoms with van der Waals surface area (Å²) >= 11 is 0. The molecule has 0 aromatic heterocycles. The van der Waals surface area contributed by atoms with Gasteiger partial charge in [-0.15, -0.1) is 0 Å². The molecule has 4 heteroatoms. The molecular formula is C10H20N2O2. The summed E-state index contributed by atoms with van der Waals surface area (Å²) in [5.41, 5.74) is 0. The fraction of sp³-hybridized carbons (Fsp3) is 0.900. The molecule has 1 amide bonds. The highest BCUT2D eigenvalue weighted by molar-refractivity contribution is 5.78. The number of amides is 1. The summed E-state index contributed by atoms with van der Waals surface area (Å²) in [5, 5.41) is 8.69. The highest BCUT2D eigenvalue weighted by Crippen LogP contribution is 2.08. The fourth-order valence-electron chi connectivity index (χ4n) is 1.72. The topological polar surface area (TPSA) is 43.8 Å². The van der Waals surface area contributed by atoms with Crippen molar-refractivity contribution in [1.82, 2.24) is 9.80 Å². The molecule has 0 aromatic rings. The highest BCUT2D eigenvalue weighted by Gasteiger charge is 2.17. The smallest absolute Gasteiger partial charge is 0.236 e. The van der Waals surface area contributed by atoms with Crippen LogP contribution < -0.4 is 0 Å². The maximum Gasteiger partial charge on any atom is 0.236 e. The lowest BCUT2D eigenvalue weighted by Crippen LogP contribution is -2.42. The van der Waals surface area contributed by atoms with Gasteiger partial charge in [-0.1, -0.05) is 0 Å². The first kappa shape index (κ1) is 11.5. The Bertz CT molecular complexity index is 179. The number of likely N-dealkylation sites (N-methyl/N-ethyl adjacent to an activating group) is 1. The van der Waals surface area contributed by atoms with Crippen LogP contribution in [-0.2, 0) is 4.79 Å². The van der Waals surface area contributed by atoms with Gasteiger partial charge in [0, 0.05) is 19.6 Å². The lowest BCUT2D eigenvalue weighted by molar-refractivity contribution is -0.133. The van der Waals surface area contributed by atoms with Gasteiger partial charge in [-0.3, -0.25) is 9.69 Å². The Balaban J connectivity index is 2.25. The minimum Gasteiger partial charge on any atom is -0.395 e. The quantitative estimate of drug-likeness (QED) is 0.690. The molecule has 1 fully saturated rings. The third kappa shape index (κ3) is 3.64. The molecule has 0 aliphatic carbocycles. The van der Waals surface area contributed by atoms with Crippen LogP contribution in [-0.4, -0.2) is 60.6 Å². The Morgan fingerprint density at radius 3 is 2.57 bits per heavy atom. The van der Waals surface area contributed by atoms with Crippen LogP contribution in [0.3, 0.4) is 0 Å². The average molecular weight is 200 g/mol. The van der Waals surface area contributed by atoms with E-state index in [1.807, 2.05) is 16.8 Å². The zero-order chi connectivity index (χ0) is 10.4. The summed E-state index contributed by atoms with van der Waals surface area (Å²) in [4.78, 5) is 15.5. The molecular weight excluding hydrogens is 180 g/mol. The van der Waals surface area contributed by atoms with Crippen molar-refractivity contribution < 1.29 is 9.90 Å². The van der Waals surface area contributed by atoms with Crippen LogP contribution in [0.5, 0.6) is 0 Å². The SMILES string of the molecule is CN(CCO)CC(=O)N1CCCCC1. The van der Waals surface area contributed by atoms with Gasteiger partial charge in [0.1, 0.15) is 0 Å². The van der Waals surface area contributed by atoms with E-state index in [0.29, 0.717) is 13.1 Å². The second-order valence-electron chi connectivity index (χ2n) is 3.90. The molecule has 1 aliphatic rings. The molecule has 0 unspecified atom stereocenters. The standard InChI is InChI=1S/C10H20N2O2/c1-11(7-8-13)9-10(14)12-5-3-2-4-6-12/h13H,2-9H2,1H3. The lowest BCUT2D eigenvalue weighted by Gasteiger charge is -2.28. The molecule has 0 bridgehead atoms. The Labute approximate surface area is 85.5 Å². The predicted octanol–water partition coefficient (Wildman–Crippen LogP) is -0.0770. The molecule has 0 saturated carbocycles. The van der Waals surface area contributed by atoms with Crippen molar-refractivity contribution in [2.75, 3.05) is 39.8 Å². The average Bonchev–Trinajstić information content (AvgIpc) is 2.19. The van der Waals surface area contributed by atoms with Crippen molar-refractivity contribution in [3.05, 3.63) is 0 Å². The molecule has 1 aliphatic heterocycles. The zero-order valence-electron chi connectivity index (χ0n) is 8.91. The molecule has 14 heavy (non-hydrogen) atoms. The summed E-state index contributed by atoms with van der Waals surface area (Å²) in [6, 6.07) is 0. The second-order valence-corrected chi connectivity index (χ2v) is 3.90. The first-order valence-corrected chi connectivity index (χ1v) is 5.31. The Kier molecular flexibility index (Phi) is 4.90. The van der Waals surface area contributed by atoms with Gasteiger partial charge in [0.05, 0.1) is 13.2 Å². The van der Waals surface area contributed by atoms with Crippen molar-refractivity contribution in [1.29, 1.82) is 0 Å². The van der Waals surface area contributed by atoms with E-state index in [0.717, 1.165) is 25.9 Å². The number of nitrogens with zero attached hydrogens (tertiary/aromatic N) is 2. The number of piperidine rings is 1. The Morgan fingerprint density at radius 2 is 2.00 bits per heavy atom. The number of likely N-dealkylation sites (tertiary alicyclic amines) is 1. The normalized spacial score (nSPS) is 17.5. The molecule has 0 radical (unpaired) electrons. The van der Waals surface area contributed by atoms with Crippen LogP contribution in [0.2, 0.25) is 0 Å². The van der Waals surface area contributed by atoms with E-state index < -0.39 is 0 Å². The van der Waals surface area contributed by atoms with Crippen LogP contribution in [0.15, 0.2) is 0 Å². The zero-order valence-corrected chi connectivity index (χ0v) is 8.91. The first-order chi connectivity index (χ1) is 6.74. The minimum atomic E-state index is 0.115. The molecule has 1 saturated heterocycles. The number of hydrogen-bond donors (Lipinski definition) is 1. The summed E-state index contributed by atoms with van der Waals surface area (Å²) in [6.45, 7) is 2.93.